The maximum absolute atomic E-state index is 13.0. The number of hydrogen-bond donors (Lipinski definition) is 1. The van der Waals surface area contributed by atoms with Crippen LogP contribution in [0, 0.1) is 0 Å². The molecule has 184 valence electrons. The Kier molecular flexibility index (Phi) is 7.46. The Morgan fingerprint density at radius 3 is 2.83 bits per heavy atom. The van der Waals surface area contributed by atoms with E-state index in [1.54, 1.807) is 18.0 Å². The Balaban J connectivity index is 1.35. The molecule has 0 radical (unpaired) electrons. The number of nitrogens with one attached hydrogen (secondary N) is 1. The summed E-state index contributed by atoms with van der Waals surface area (Å²) >= 11 is 0. The highest BCUT2D eigenvalue weighted by Gasteiger charge is 2.22. The lowest BCUT2D eigenvalue weighted by molar-refractivity contribution is 0.0374. The van der Waals surface area contributed by atoms with E-state index < -0.39 is 0 Å². The number of morpholine rings is 1. The van der Waals surface area contributed by atoms with Gasteiger partial charge >= 0.3 is 0 Å². The van der Waals surface area contributed by atoms with Gasteiger partial charge in [-0.3, -0.25) is 9.69 Å². The number of aromatic nitrogens is 4. The number of methoxy groups -OCH3 is 1. The van der Waals surface area contributed by atoms with Gasteiger partial charge in [-0.05, 0) is 43.4 Å². The number of hydrogen-bond acceptors (Lipinski definition) is 7. The van der Waals surface area contributed by atoms with Gasteiger partial charge in [-0.1, -0.05) is 24.3 Å². The second kappa shape index (κ2) is 11.1. The van der Waals surface area contributed by atoms with E-state index in [4.69, 9.17) is 14.5 Å². The van der Waals surface area contributed by atoms with Crippen molar-refractivity contribution in [2.75, 3.05) is 46.5 Å². The zero-order chi connectivity index (χ0) is 24.0. The molecule has 1 aliphatic carbocycles. The average molecular weight is 477 g/mol. The molecule has 0 bridgehead atoms. The highest BCUT2D eigenvalue weighted by Crippen LogP contribution is 2.31. The molecule has 1 fully saturated rings. The van der Waals surface area contributed by atoms with Crippen LogP contribution in [0.3, 0.4) is 0 Å². The minimum absolute atomic E-state index is 0.162. The molecule has 9 heteroatoms. The van der Waals surface area contributed by atoms with Crippen LogP contribution in [-0.2, 0) is 28.9 Å². The molecule has 1 aromatic carbocycles. The monoisotopic (exact) mass is 476 g/mol. The summed E-state index contributed by atoms with van der Waals surface area (Å²) in [5, 5.41) is 7.51. The van der Waals surface area contributed by atoms with Crippen LogP contribution >= 0.6 is 0 Å². The molecule has 2 aliphatic rings. The van der Waals surface area contributed by atoms with E-state index in [0.717, 1.165) is 75.4 Å². The molecule has 3 heterocycles. The van der Waals surface area contributed by atoms with Crippen LogP contribution in [-0.4, -0.2) is 77.1 Å². The molecule has 1 N–H and O–H groups in total. The predicted octanol–water partition coefficient (Wildman–Crippen LogP) is 2.42. The SMILES string of the molecule is COCc1c(C(=O)NCCCN2CCOCC2)cnn1-c1ncc2c(n1)-c1ccccc1CCC2. The van der Waals surface area contributed by atoms with E-state index in [-0.39, 0.29) is 12.5 Å². The number of ether oxygens (including phenoxy) is 2. The van der Waals surface area contributed by atoms with E-state index >= 15 is 0 Å². The zero-order valence-corrected chi connectivity index (χ0v) is 20.2. The fraction of sp³-hybridized carbons (Fsp3) is 0.462. The van der Waals surface area contributed by atoms with E-state index in [1.165, 1.54) is 5.56 Å². The van der Waals surface area contributed by atoms with Gasteiger partial charge < -0.3 is 14.8 Å². The first kappa shape index (κ1) is 23.6. The third kappa shape index (κ3) is 5.27. The fourth-order valence-electron chi connectivity index (χ4n) is 4.79. The van der Waals surface area contributed by atoms with E-state index in [1.807, 2.05) is 12.3 Å². The van der Waals surface area contributed by atoms with Crippen LogP contribution in [0.1, 0.15) is 40.0 Å². The second-order valence-electron chi connectivity index (χ2n) is 8.97. The third-order valence-electron chi connectivity index (χ3n) is 6.64. The van der Waals surface area contributed by atoms with Gasteiger partial charge in [0.2, 0.25) is 0 Å². The summed E-state index contributed by atoms with van der Waals surface area (Å²) in [5.41, 5.74) is 5.64. The van der Waals surface area contributed by atoms with E-state index in [2.05, 4.69) is 38.5 Å². The number of rotatable bonds is 8. The van der Waals surface area contributed by atoms with Crippen LogP contribution in [0.2, 0.25) is 0 Å². The summed E-state index contributed by atoms with van der Waals surface area (Å²) in [6.45, 7) is 5.23. The number of amides is 1. The third-order valence-corrected chi connectivity index (χ3v) is 6.64. The lowest BCUT2D eigenvalue weighted by Crippen LogP contribution is -2.38. The topological polar surface area (TPSA) is 94.4 Å². The molecular weight excluding hydrogens is 444 g/mol. The van der Waals surface area contributed by atoms with Gasteiger partial charge in [0.15, 0.2) is 0 Å². The van der Waals surface area contributed by atoms with Crippen molar-refractivity contribution in [3.05, 3.63) is 59.0 Å². The molecule has 1 saturated heterocycles. The Morgan fingerprint density at radius 2 is 1.97 bits per heavy atom. The van der Waals surface area contributed by atoms with Gasteiger partial charge in [0.05, 0.1) is 43.0 Å². The van der Waals surface area contributed by atoms with Crippen LogP contribution in [0.15, 0.2) is 36.7 Å². The smallest absolute Gasteiger partial charge is 0.254 e. The lowest BCUT2D eigenvalue weighted by atomic mass is 10.0. The molecule has 1 amide bonds. The minimum Gasteiger partial charge on any atom is -0.379 e. The number of nitrogens with zero attached hydrogens (tertiary/aromatic N) is 5. The van der Waals surface area contributed by atoms with Crippen molar-refractivity contribution < 1.29 is 14.3 Å². The molecule has 1 aliphatic heterocycles. The summed E-state index contributed by atoms with van der Waals surface area (Å²) in [7, 11) is 1.61. The van der Waals surface area contributed by atoms with Gasteiger partial charge in [-0.25, -0.2) is 9.97 Å². The largest absolute Gasteiger partial charge is 0.379 e. The molecule has 0 unspecified atom stereocenters. The van der Waals surface area contributed by atoms with E-state index in [0.29, 0.717) is 23.8 Å². The van der Waals surface area contributed by atoms with Gasteiger partial charge in [0, 0.05) is 38.5 Å². The Morgan fingerprint density at radius 1 is 1.14 bits per heavy atom. The number of carbonyl (C=O) groups is 1. The van der Waals surface area contributed by atoms with Crippen LogP contribution in [0.5, 0.6) is 0 Å². The molecule has 35 heavy (non-hydrogen) atoms. The van der Waals surface area contributed by atoms with Crippen molar-refractivity contribution in [1.82, 2.24) is 30.0 Å². The molecule has 0 atom stereocenters. The van der Waals surface area contributed by atoms with Crippen molar-refractivity contribution in [3.63, 3.8) is 0 Å². The second-order valence-corrected chi connectivity index (χ2v) is 8.97. The van der Waals surface area contributed by atoms with Crippen molar-refractivity contribution in [2.45, 2.75) is 32.3 Å². The van der Waals surface area contributed by atoms with Gasteiger partial charge in [0.25, 0.3) is 11.9 Å². The summed E-state index contributed by atoms with van der Waals surface area (Å²) < 4.78 is 12.4. The van der Waals surface area contributed by atoms with Crippen LogP contribution in [0.25, 0.3) is 17.2 Å². The van der Waals surface area contributed by atoms with Crippen molar-refractivity contribution in [3.8, 4) is 17.2 Å². The molecule has 9 nitrogen and oxygen atoms in total. The molecule has 2 aromatic heterocycles. The van der Waals surface area contributed by atoms with Crippen molar-refractivity contribution in [2.24, 2.45) is 0 Å². The fourth-order valence-corrected chi connectivity index (χ4v) is 4.79. The molecule has 3 aromatic rings. The predicted molar refractivity (Wildman–Crippen MR) is 132 cm³/mol. The number of benzene rings is 1. The first-order valence-corrected chi connectivity index (χ1v) is 12.3. The Labute approximate surface area is 205 Å². The highest BCUT2D eigenvalue weighted by molar-refractivity contribution is 5.95. The first-order chi connectivity index (χ1) is 17.2. The Hall–Kier alpha value is -3.14. The molecule has 0 spiro atoms. The summed E-state index contributed by atoms with van der Waals surface area (Å²) in [4.78, 5) is 24.9. The van der Waals surface area contributed by atoms with Gasteiger partial charge in [-0.15, -0.1) is 0 Å². The number of aryl methyl sites for hydroxylation is 2. The summed E-state index contributed by atoms with van der Waals surface area (Å²) in [5.74, 6) is 0.282. The van der Waals surface area contributed by atoms with Gasteiger partial charge in [0.1, 0.15) is 0 Å². The van der Waals surface area contributed by atoms with Crippen molar-refractivity contribution >= 4 is 5.91 Å². The maximum Gasteiger partial charge on any atom is 0.254 e. The highest BCUT2D eigenvalue weighted by atomic mass is 16.5. The average Bonchev–Trinajstić information content (AvgIpc) is 3.22. The lowest BCUT2D eigenvalue weighted by Gasteiger charge is -2.26. The number of fused-ring (bicyclic) bond motifs is 3. The standard InChI is InChI=1S/C26H32N6O3/c1-34-18-23-22(25(33)27-10-5-11-31-12-14-35-15-13-31)17-29-32(23)26-28-16-20-8-4-7-19-6-2-3-9-21(19)24(20)30-26/h2-3,6,9,16-17H,4-5,7-8,10-15,18H2,1H3,(H,27,33). The summed E-state index contributed by atoms with van der Waals surface area (Å²) in [6.07, 6.45) is 7.38. The van der Waals surface area contributed by atoms with Gasteiger partial charge in [-0.2, -0.15) is 9.78 Å². The summed E-state index contributed by atoms with van der Waals surface area (Å²) in [6, 6.07) is 8.40. The van der Waals surface area contributed by atoms with Crippen LogP contribution < -0.4 is 5.32 Å². The molecule has 5 rings (SSSR count). The molecular formula is C26H32N6O3. The normalized spacial score (nSPS) is 15.8. The van der Waals surface area contributed by atoms with Crippen LogP contribution in [0.4, 0.5) is 0 Å². The minimum atomic E-state index is -0.162. The molecule has 0 saturated carbocycles. The Bertz CT molecular complexity index is 1170. The quantitative estimate of drug-likeness (QED) is 0.499. The van der Waals surface area contributed by atoms with Crippen molar-refractivity contribution in [1.29, 1.82) is 0 Å². The van der Waals surface area contributed by atoms with E-state index in [9.17, 15) is 4.79 Å². The first-order valence-electron chi connectivity index (χ1n) is 12.3. The number of carbonyl (C=O) groups excluding carboxylic acids is 1. The zero-order valence-electron chi connectivity index (χ0n) is 20.2. The maximum atomic E-state index is 13.0.